The van der Waals surface area contributed by atoms with E-state index >= 15 is 0 Å². The second-order valence-corrected chi connectivity index (χ2v) is 10.4. The molecule has 0 saturated heterocycles. The number of ether oxygens (including phenoxy) is 2. The quantitative estimate of drug-likeness (QED) is 0.285. The van der Waals surface area contributed by atoms with Gasteiger partial charge >= 0.3 is 11.7 Å². The van der Waals surface area contributed by atoms with Crippen molar-refractivity contribution in [3.63, 3.8) is 0 Å². The molecule has 1 N–H and O–H groups in total. The first-order valence-electron chi connectivity index (χ1n) is 10.1. The lowest BCUT2D eigenvalue weighted by Gasteiger charge is -2.25. The number of H-pyrrole nitrogens is 1. The van der Waals surface area contributed by atoms with E-state index in [2.05, 4.69) is 32.3 Å². The van der Waals surface area contributed by atoms with Crippen LogP contribution < -0.4 is 5.69 Å². The van der Waals surface area contributed by atoms with Gasteiger partial charge in [-0.05, 0) is 87.9 Å². The number of nitrogens with one attached hydrogen (secondary N) is 1. The number of nitrogens with zero attached hydrogens (tertiary/aromatic N) is 1. The fourth-order valence-electron chi connectivity index (χ4n) is 2.88. The Bertz CT molecular complexity index is 1120. The van der Waals surface area contributed by atoms with Gasteiger partial charge in [-0.15, -0.1) is 0 Å². The Morgan fingerprint density at radius 1 is 1.03 bits per heavy atom. The summed E-state index contributed by atoms with van der Waals surface area (Å²) in [5.41, 5.74) is 0.776. The summed E-state index contributed by atoms with van der Waals surface area (Å²) < 4.78 is 12.6. The Morgan fingerprint density at radius 3 is 2.16 bits per heavy atom. The summed E-state index contributed by atoms with van der Waals surface area (Å²) in [7, 11) is 0. The van der Waals surface area contributed by atoms with Gasteiger partial charge < -0.3 is 14.5 Å². The largest absolute Gasteiger partial charge is 0.462 e. The van der Waals surface area contributed by atoms with Gasteiger partial charge in [-0.1, -0.05) is 30.3 Å². The third-order valence-corrected chi connectivity index (χ3v) is 4.76. The van der Waals surface area contributed by atoms with Crippen molar-refractivity contribution in [2.75, 3.05) is 0 Å². The highest BCUT2D eigenvalue weighted by Gasteiger charge is 2.30. The van der Waals surface area contributed by atoms with Crippen LogP contribution >= 0.6 is 22.6 Å². The number of rotatable bonds is 4. The van der Waals surface area contributed by atoms with E-state index in [4.69, 9.17) is 4.74 Å². The molecule has 2 aromatic carbocycles. The Hall–Kier alpha value is -2.62. The molecule has 1 heterocycles. The molecular formula is C24H29IN2O5. The number of aromatic amines is 1. The van der Waals surface area contributed by atoms with Crippen LogP contribution in [-0.4, -0.2) is 33.2 Å². The second-order valence-electron chi connectivity index (χ2n) is 9.13. The van der Waals surface area contributed by atoms with E-state index in [1.807, 2.05) is 90.1 Å². The first-order valence-corrected chi connectivity index (χ1v) is 11.2. The van der Waals surface area contributed by atoms with Crippen LogP contribution in [-0.2, 0) is 19.1 Å². The van der Waals surface area contributed by atoms with Crippen molar-refractivity contribution in [3.8, 4) is 0 Å². The van der Waals surface area contributed by atoms with E-state index in [0.717, 1.165) is 3.57 Å². The lowest BCUT2D eigenvalue weighted by Crippen LogP contribution is -2.34. The first kappa shape index (κ1) is 25.6. The molecule has 0 aliphatic rings. The van der Waals surface area contributed by atoms with Gasteiger partial charge in [-0.25, -0.2) is 9.59 Å². The number of fused-ring (bicyclic) bond motifs is 1. The predicted octanol–water partition coefficient (Wildman–Crippen LogP) is 4.82. The fourth-order valence-corrected chi connectivity index (χ4v) is 3.35. The smallest absolute Gasteiger partial charge is 0.334 e. The Kier molecular flexibility index (Phi) is 8.28. The summed E-state index contributed by atoms with van der Waals surface area (Å²) in [6.45, 7) is 11.4. The molecular weight excluding hydrogens is 523 g/mol. The fraction of sp³-hybridized carbons (Fsp3) is 0.375. The molecule has 3 aromatic rings. The Balaban J connectivity index is 0.000000451. The van der Waals surface area contributed by atoms with Gasteiger partial charge in [0.1, 0.15) is 11.2 Å². The number of imidazole rings is 1. The van der Waals surface area contributed by atoms with Crippen molar-refractivity contribution in [2.24, 2.45) is 0 Å². The standard InChI is InChI=1S/C19H19IN2O3.C5H10O2/c1-19(2,3)25-17(23)16(12-7-5-4-6-8-12)22-15-11-13(20)9-10-14(15)21-18(22)24;1-5(2,3)7-4-6/h4-11,16H,1-3H3,(H,21,24);4H,1-3H3. The number of hydrogen-bond acceptors (Lipinski definition) is 5. The molecule has 0 spiro atoms. The van der Waals surface area contributed by atoms with E-state index < -0.39 is 17.6 Å². The molecule has 1 atom stereocenters. The van der Waals surface area contributed by atoms with Crippen molar-refractivity contribution >= 4 is 46.1 Å². The third-order valence-electron chi connectivity index (χ3n) is 4.08. The van der Waals surface area contributed by atoms with Crippen LogP contribution in [0.2, 0.25) is 0 Å². The number of aromatic nitrogens is 2. The van der Waals surface area contributed by atoms with E-state index in [1.54, 1.807) is 0 Å². The average Bonchev–Trinajstić information content (AvgIpc) is 2.96. The van der Waals surface area contributed by atoms with Crippen molar-refractivity contribution < 1.29 is 19.1 Å². The van der Waals surface area contributed by atoms with Crippen molar-refractivity contribution in [3.05, 3.63) is 68.1 Å². The molecule has 3 rings (SSSR count). The zero-order chi connectivity index (χ0) is 24.1. The molecule has 7 nitrogen and oxygen atoms in total. The third kappa shape index (κ3) is 7.22. The topological polar surface area (TPSA) is 90.4 Å². The summed E-state index contributed by atoms with van der Waals surface area (Å²) in [6.07, 6.45) is 0. The van der Waals surface area contributed by atoms with Gasteiger partial charge in [-0.2, -0.15) is 0 Å². The monoisotopic (exact) mass is 552 g/mol. The lowest BCUT2D eigenvalue weighted by atomic mass is 10.1. The van der Waals surface area contributed by atoms with Crippen molar-refractivity contribution in [1.82, 2.24) is 9.55 Å². The summed E-state index contributed by atoms with van der Waals surface area (Å²) in [5, 5.41) is 0. The minimum Gasteiger partial charge on any atom is -0.462 e. The Labute approximate surface area is 201 Å². The zero-order valence-corrected chi connectivity index (χ0v) is 21.3. The number of carbonyl (C=O) groups is 2. The number of esters is 1. The summed E-state index contributed by atoms with van der Waals surface area (Å²) in [5.74, 6) is -0.458. The maximum Gasteiger partial charge on any atom is 0.334 e. The first-order chi connectivity index (χ1) is 14.8. The minimum atomic E-state index is -0.847. The number of benzene rings is 2. The maximum atomic E-state index is 12.9. The molecule has 0 amide bonds. The summed E-state index contributed by atoms with van der Waals surface area (Å²) in [6, 6.07) is 14.0. The van der Waals surface area contributed by atoms with Crippen LogP contribution in [0.5, 0.6) is 0 Å². The summed E-state index contributed by atoms with van der Waals surface area (Å²) >= 11 is 2.19. The Morgan fingerprint density at radius 2 is 1.66 bits per heavy atom. The zero-order valence-electron chi connectivity index (χ0n) is 19.1. The highest BCUT2D eigenvalue weighted by molar-refractivity contribution is 14.1. The van der Waals surface area contributed by atoms with Crippen LogP contribution in [0.25, 0.3) is 11.0 Å². The lowest BCUT2D eigenvalue weighted by molar-refractivity contribution is -0.157. The molecule has 1 aromatic heterocycles. The van der Waals surface area contributed by atoms with Crippen molar-refractivity contribution in [2.45, 2.75) is 58.8 Å². The number of hydrogen-bond donors (Lipinski definition) is 1. The predicted molar refractivity (Wildman–Crippen MR) is 133 cm³/mol. The molecule has 0 fully saturated rings. The van der Waals surface area contributed by atoms with Gasteiger partial charge in [0, 0.05) is 3.57 Å². The normalized spacial score (nSPS) is 12.5. The van der Waals surface area contributed by atoms with E-state index in [0.29, 0.717) is 23.1 Å². The van der Waals surface area contributed by atoms with Crippen LogP contribution in [0.15, 0.2) is 53.3 Å². The summed E-state index contributed by atoms with van der Waals surface area (Å²) in [4.78, 5) is 38.0. The van der Waals surface area contributed by atoms with Gasteiger partial charge in [0.15, 0.2) is 6.04 Å². The van der Waals surface area contributed by atoms with Gasteiger partial charge in [0.05, 0.1) is 11.0 Å². The number of carbonyl (C=O) groups excluding carboxylic acids is 2. The number of halogens is 1. The van der Waals surface area contributed by atoms with Gasteiger partial charge in [-0.3, -0.25) is 9.36 Å². The molecule has 1 unspecified atom stereocenters. The molecule has 172 valence electrons. The highest BCUT2D eigenvalue weighted by atomic mass is 127. The average molecular weight is 552 g/mol. The molecule has 0 aliphatic carbocycles. The molecule has 0 bridgehead atoms. The van der Waals surface area contributed by atoms with E-state index in [-0.39, 0.29) is 11.3 Å². The van der Waals surface area contributed by atoms with E-state index in [9.17, 15) is 14.4 Å². The SMILES string of the molecule is CC(C)(C)OC(=O)C(c1ccccc1)n1c(=O)[nH]c2ccc(I)cc21.CC(C)(C)OC=O. The minimum absolute atomic E-state index is 0.318. The van der Waals surface area contributed by atoms with Gasteiger partial charge in [0.2, 0.25) is 0 Å². The second kappa shape index (κ2) is 10.3. The molecule has 0 saturated carbocycles. The van der Waals surface area contributed by atoms with Crippen LogP contribution in [0.4, 0.5) is 0 Å². The molecule has 0 radical (unpaired) electrons. The van der Waals surface area contributed by atoms with Crippen LogP contribution in [0.3, 0.4) is 0 Å². The molecule has 8 heteroatoms. The van der Waals surface area contributed by atoms with E-state index in [1.165, 1.54) is 4.57 Å². The van der Waals surface area contributed by atoms with Crippen molar-refractivity contribution in [1.29, 1.82) is 0 Å². The van der Waals surface area contributed by atoms with Crippen LogP contribution in [0.1, 0.15) is 53.1 Å². The van der Waals surface area contributed by atoms with Crippen LogP contribution in [0, 0.1) is 3.57 Å². The highest BCUT2D eigenvalue weighted by Crippen LogP contribution is 2.26. The molecule has 0 aliphatic heterocycles. The maximum absolute atomic E-state index is 12.9. The molecule has 32 heavy (non-hydrogen) atoms. The van der Waals surface area contributed by atoms with Gasteiger partial charge in [0.25, 0.3) is 6.47 Å².